The van der Waals surface area contributed by atoms with Crippen LogP contribution in [-0.2, 0) is 16.1 Å². The maximum atomic E-state index is 11.8. The van der Waals surface area contributed by atoms with Gasteiger partial charge in [-0.25, -0.2) is 9.97 Å². The van der Waals surface area contributed by atoms with Crippen molar-refractivity contribution in [2.75, 3.05) is 18.1 Å². The minimum atomic E-state index is -1.02. The largest absolute Gasteiger partial charge is 0.481 e. The molecule has 0 aliphatic carbocycles. The number of benzene rings is 1. The molecule has 0 bridgehead atoms. The summed E-state index contributed by atoms with van der Waals surface area (Å²) in [6.45, 7) is 0.382. The third kappa shape index (κ3) is 7.66. The summed E-state index contributed by atoms with van der Waals surface area (Å²) in [6, 6.07) is 6.23. The number of likely N-dealkylation sites (N-methyl/N-ethyl adjacent to an activating group) is 1. The number of nitrogens with one attached hydrogen (secondary N) is 3. The first-order chi connectivity index (χ1) is 15.7. The van der Waals surface area contributed by atoms with Gasteiger partial charge in [0.05, 0.1) is 18.4 Å². The minimum absolute atomic E-state index is 0.00735. The number of H-pyrrole nitrogens is 1. The number of hydrogen-bond donors (Lipinski definition) is 6. The Hall–Kier alpha value is -4.39. The van der Waals surface area contributed by atoms with E-state index < -0.39 is 23.5 Å². The highest BCUT2D eigenvalue weighted by Gasteiger charge is 2.15. The predicted octanol–water partition coefficient (Wildman–Crippen LogP) is 0.244. The van der Waals surface area contributed by atoms with Gasteiger partial charge in [0.25, 0.3) is 5.56 Å². The fourth-order valence-corrected chi connectivity index (χ4v) is 2.59. The topological polar surface area (TPSA) is 213 Å². The van der Waals surface area contributed by atoms with E-state index in [0.29, 0.717) is 17.8 Å². The van der Waals surface area contributed by atoms with Crippen LogP contribution in [0.3, 0.4) is 0 Å². The molecule has 174 valence electrons. The number of aldehydes is 1. The van der Waals surface area contributed by atoms with Gasteiger partial charge in [-0.3, -0.25) is 24.2 Å². The van der Waals surface area contributed by atoms with Gasteiger partial charge in [0.15, 0.2) is 11.2 Å². The van der Waals surface area contributed by atoms with Crippen molar-refractivity contribution in [3.05, 3.63) is 52.1 Å². The van der Waals surface area contributed by atoms with Crippen molar-refractivity contribution in [2.45, 2.75) is 25.4 Å². The lowest BCUT2D eigenvalue weighted by Crippen LogP contribution is -2.34. The van der Waals surface area contributed by atoms with Crippen LogP contribution in [0.15, 0.2) is 35.3 Å². The van der Waals surface area contributed by atoms with E-state index in [0.717, 1.165) is 12.0 Å². The van der Waals surface area contributed by atoms with E-state index >= 15 is 0 Å². The Bertz CT molecular complexity index is 1180. The number of nitrogens with two attached hydrogens (primary N) is 1. The zero-order valence-electron chi connectivity index (χ0n) is 17.6. The molecule has 0 saturated carbocycles. The zero-order valence-corrected chi connectivity index (χ0v) is 17.6. The number of carbonyl (C=O) groups excluding carboxylic acids is 1. The molecule has 0 saturated heterocycles. The Morgan fingerprint density at radius 3 is 2.48 bits per heavy atom. The van der Waals surface area contributed by atoms with Gasteiger partial charge in [0.2, 0.25) is 5.95 Å². The second kappa shape index (κ2) is 11.9. The normalized spacial score (nSPS) is 11.2. The summed E-state index contributed by atoms with van der Waals surface area (Å²) in [7, 11) is 1.49. The summed E-state index contributed by atoms with van der Waals surface area (Å²) in [5.74, 6) is -1.99. The van der Waals surface area contributed by atoms with Crippen molar-refractivity contribution < 1.29 is 24.6 Å². The third-order valence-electron chi connectivity index (χ3n) is 4.30. The molecule has 0 radical (unpaired) electrons. The van der Waals surface area contributed by atoms with Crippen LogP contribution < -0.4 is 21.9 Å². The van der Waals surface area contributed by atoms with Crippen molar-refractivity contribution in [1.82, 2.24) is 25.3 Å². The average Bonchev–Trinajstić information content (AvgIpc) is 2.78. The van der Waals surface area contributed by atoms with Gasteiger partial charge < -0.3 is 26.6 Å². The Morgan fingerprint density at radius 1 is 1.21 bits per heavy atom. The Morgan fingerprint density at radius 2 is 1.91 bits per heavy atom. The molecule has 0 spiro atoms. The van der Waals surface area contributed by atoms with Crippen LogP contribution in [0.4, 0.5) is 11.6 Å². The molecule has 13 nitrogen and oxygen atoms in total. The number of aromatic amines is 1. The summed E-state index contributed by atoms with van der Waals surface area (Å²) < 4.78 is 0. The van der Waals surface area contributed by atoms with E-state index in [4.69, 9.17) is 15.9 Å². The Balaban J connectivity index is 0.000000299. The molecule has 1 atom stereocenters. The number of aliphatic carboxylic acids is 2. The number of nitrogen functional groups attached to an aromatic ring is 1. The highest BCUT2D eigenvalue weighted by atomic mass is 16.4. The molecule has 0 aliphatic rings. The first-order valence-electron chi connectivity index (χ1n) is 9.66. The summed E-state index contributed by atoms with van der Waals surface area (Å²) >= 11 is 0. The summed E-state index contributed by atoms with van der Waals surface area (Å²) in [4.78, 5) is 57.3. The molecule has 0 aliphatic heterocycles. The molecule has 1 aromatic carbocycles. The lowest BCUT2D eigenvalue weighted by atomic mass is 10.1. The van der Waals surface area contributed by atoms with Crippen molar-refractivity contribution in [2.24, 2.45) is 0 Å². The van der Waals surface area contributed by atoms with Gasteiger partial charge in [-0.15, -0.1) is 0 Å². The molecule has 0 amide bonds. The number of carbonyl (C=O) groups is 3. The Kier molecular flexibility index (Phi) is 8.94. The van der Waals surface area contributed by atoms with Crippen LogP contribution in [0.2, 0.25) is 0 Å². The molecule has 3 rings (SSSR count). The smallest absolute Gasteiger partial charge is 0.320 e. The van der Waals surface area contributed by atoms with Crippen LogP contribution in [0.5, 0.6) is 0 Å². The van der Waals surface area contributed by atoms with Crippen LogP contribution in [0, 0.1) is 0 Å². The molecule has 2 aromatic heterocycles. The van der Waals surface area contributed by atoms with Crippen LogP contribution in [0.25, 0.3) is 11.2 Å². The number of carboxylic acid groups (broad SMARTS) is 2. The van der Waals surface area contributed by atoms with E-state index in [-0.39, 0.29) is 30.0 Å². The van der Waals surface area contributed by atoms with Gasteiger partial charge in [0.1, 0.15) is 12.3 Å². The van der Waals surface area contributed by atoms with E-state index in [2.05, 4.69) is 30.6 Å². The van der Waals surface area contributed by atoms with Crippen LogP contribution in [0.1, 0.15) is 28.9 Å². The minimum Gasteiger partial charge on any atom is -0.481 e. The SMILES string of the molecule is CNC(CCC(=O)O)C(=O)O.Nc1nc2ncc(CNc3ccc(C=O)cc3)nc2c(=O)[nH]1. The second-order valence-corrected chi connectivity index (χ2v) is 6.69. The van der Waals surface area contributed by atoms with Gasteiger partial charge in [-0.2, -0.15) is 4.98 Å². The molecule has 1 unspecified atom stereocenters. The number of anilines is 2. The highest BCUT2D eigenvalue weighted by molar-refractivity contribution is 5.76. The molecule has 7 N–H and O–H groups in total. The highest BCUT2D eigenvalue weighted by Crippen LogP contribution is 2.10. The zero-order chi connectivity index (χ0) is 24.4. The second-order valence-electron chi connectivity index (χ2n) is 6.69. The summed E-state index contributed by atoms with van der Waals surface area (Å²) in [5, 5.41) is 22.3. The Labute approximate surface area is 187 Å². The van der Waals surface area contributed by atoms with Gasteiger partial charge >= 0.3 is 11.9 Å². The van der Waals surface area contributed by atoms with Crippen molar-refractivity contribution in [3.8, 4) is 0 Å². The first-order valence-corrected chi connectivity index (χ1v) is 9.66. The molecule has 33 heavy (non-hydrogen) atoms. The van der Waals surface area contributed by atoms with Crippen LogP contribution >= 0.6 is 0 Å². The van der Waals surface area contributed by atoms with Gasteiger partial charge in [0, 0.05) is 17.7 Å². The van der Waals surface area contributed by atoms with E-state index in [1.807, 2.05) is 0 Å². The van der Waals surface area contributed by atoms with Crippen molar-refractivity contribution in [1.29, 1.82) is 0 Å². The van der Waals surface area contributed by atoms with Crippen LogP contribution in [-0.4, -0.2) is 61.5 Å². The number of fused-ring (bicyclic) bond motifs is 1. The van der Waals surface area contributed by atoms with E-state index in [1.54, 1.807) is 24.3 Å². The number of nitrogens with zero attached hydrogens (tertiary/aromatic N) is 3. The standard InChI is InChI=1S/C14H12N6O2.C6H11NO4/c15-14-19-12-11(13(22)20-14)18-10(6-17-12)5-16-9-3-1-8(7-21)2-4-9;1-7-4(6(10)11)2-3-5(8)9/h1-4,6-7,16H,5H2,(H3,15,17,19,20,22);4,7H,2-3H2,1H3,(H,8,9)(H,10,11). The molecule has 3 aromatic rings. The summed E-state index contributed by atoms with van der Waals surface area (Å²) in [6.07, 6.45) is 2.30. The molecule has 0 fully saturated rings. The van der Waals surface area contributed by atoms with Gasteiger partial charge in [-0.1, -0.05) is 0 Å². The number of rotatable bonds is 9. The van der Waals surface area contributed by atoms with Gasteiger partial charge in [-0.05, 0) is 37.7 Å². The monoisotopic (exact) mass is 457 g/mol. The third-order valence-corrected chi connectivity index (χ3v) is 4.30. The van der Waals surface area contributed by atoms with Crippen molar-refractivity contribution >= 4 is 41.0 Å². The number of carboxylic acids is 2. The quantitative estimate of drug-likeness (QED) is 0.238. The summed E-state index contributed by atoms with van der Waals surface area (Å²) in [5.41, 5.74) is 7.40. The average molecular weight is 457 g/mol. The van der Waals surface area contributed by atoms with E-state index in [1.165, 1.54) is 13.2 Å². The molecule has 2 heterocycles. The molecular weight excluding hydrogens is 434 g/mol. The lowest BCUT2D eigenvalue weighted by molar-refractivity contribution is -0.140. The fraction of sp³-hybridized carbons (Fsp3) is 0.250. The number of aromatic nitrogens is 4. The predicted molar refractivity (Wildman–Crippen MR) is 119 cm³/mol. The first kappa shape index (κ1) is 24.9. The molecular formula is C20H23N7O6. The van der Waals surface area contributed by atoms with E-state index in [9.17, 15) is 19.2 Å². The number of hydrogen-bond acceptors (Lipinski definition) is 10. The van der Waals surface area contributed by atoms with Crippen molar-refractivity contribution in [3.63, 3.8) is 0 Å². The maximum absolute atomic E-state index is 11.8. The maximum Gasteiger partial charge on any atom is 0.320 e. The molecule has 13 heteroatoms. The lowest BCUT2D eigenvalue weighted by Gasteiger charge is -2.07. The fourth-order valence-electron chi connectivity index (χ4n) is 2.59.